The number of nitrogens with two attached hydrogens (primary N) is 1. The van der Waals surface area contributed by atoms with Crippen molar-refractivity contribution in [2.24, 2.45) is 11.7 Å². The second-order valence-corrected chi connectivity index (χ2v) is 5.38. The summed E-state index contributed by atoms with van der Waals surface area (Å²) in [4.78, 5) is 22.2. The molecule has 3 amide bonds. The Morgan fingerprint density at radius 1 is 1.43 bits per heavy atom. The summed E-state index contributed by atoms with van der Waals surface area (Å²) < 4.78 is 5.64. The van der Waals surface area contributed by atoms with Gasteiger partial charge in [0.2, 0.25) is 5.91 Å². The second-order valence-electron chi connectivity index (χ2n) is 5.38. The van der Waals surface area contributed by atoms with E-state index in [1.807, 2.05) is 29.6 Å². The molecule has 0 bridgehead atoms. The van der Waals surface area contributed by atoms with Crippen molar-refractivity contribution in [3.05, 3.63) is 29.8 Å². The van der Waals surface area contributed by atoms with Gasteiger partial charge in [0.15, 0.2) is 0 Å². The first kappa shape index (κ1) is 15.3. The Morgan fingerprint density at radius 2 is 2.19 bits per heavy atom. The third-order valence-electron chi connectivity index (χ3n) is 3.27. The summed E-state index contributed by atoms with van der Waals surface area (Å²) in [6.07, 6.45) is 2.54. The Bertz CT molecular complexity index is 515. The molecule has 6 nitrogen and oxygen atoms in total. The number of benzene rings is 1. The van der Waals surface area contributed by atoms with Crippen LogP contribution in [0.4, 0.5) is 10.5 Å². The molecule has 6 heteroatoms. The first-order chi connectivity index (χ1) is 10.0. The maximum absolute atomic E-state index is 11.6. The summed E-state index contributed by atoms with van der Waals surface area (Å²) in [5.41, 5.74) is 6.76. The summed E-state index contributed by atoms with van der Waals surface area (Å²) in [5.74, 6) is 0.279. The Kier molecular flexibility index (Phi) is 5.16. The highest BCUT2D eigenvalue weighted by atomic mass is 16.5. The molecule has 1 aliphatic carbocycles. The predicted molar refractivity (Wildman–Crippen MR) is 79.6 cm³/mol. The molecule has 1 fully saturated rings. The number of amides is 3. The minimum atomic E-state index is -0.851. The molecule has 1 aromatic carbocycles. The van der Waals surface area contributed by atoms with Gasteiger partial charge in [-0.05, 0) is 43.4 Å². The van der Waals surface area contributed by atoms with Crippen LogP contribution in [-0.4, -0.2) is 24.6 Å². The highest BCUT2D eigenvalue weighted by Crippen LogP contribution is 2.29. The number of nitrogens with one attached hydrogen (secondary N) is 2. The van der Waals surface area contributed by atoms with Crippen molar-refractivity contribution in [1.82, 2.24) is 5.32 Å². The fourth-order valence-electron chi connectivity index (χ4n) is 1.92. The van der Waals surface area contributed by atoms with E-state index in [1.54, 1.807) is 6.92 Å². The molecule has 0 spiro atoms. The van der Waals surface area contributed by atoms with Gasteiger partial charge in [0.1, 0.15) is 6.04 Å². The van der Waals surface area contributed by atoms with Crippen LogP contribution in [0.25, 0.3) is 0 Å². The van der Waals surface area contributed by atoms with Gasteiger partial charge in [-0.3, -0.25) is 10.1 Å². The van der Waals surface area contributed by atoms with Crippen molar-refractivity contribution in [2.75, 3.05) is 11.9 Å². The lowest BCUT2D eigenvalue weighted by atomic mass is 10.2. The van der Waals surface area contributed by atoms with E-state index in [4.69, 9.17) is 10.5 Å². The number of carbonyl (C=O) groups excluding carboxylic acids is 2. The molecule has 1 atom stereocenters. The minimum absolute atomic E-state index is 0.460. The van der Waals surface area contributed by atoms with Gasteiger partial charge in [-0.25, -0.2) is 4.79 Å². The van der Waals surface area contributed by atoms with Crippen LogP contribution in [-0.2, 0) is 16.1 Å². The molecule has 1 unspecified atom stereocenters. The zero-order valence-corrected chi connectivity index (χ0v) is 12.1. The molecule has 2 rings (SSSR count). The van der Waals surface area contributed by atoms with E-state index in [1.165, 1.54) is 12.8 Å². The van der Waals surface area contributed by atoms with Crippen LogP contribution >= 0.6 is 0 Å². The molecule has 1 aliphatic rings. The maximum Gasteiger partial charge on any atom is 0.318 e. The van der Waals surface area contributed by atoms with Crippen LogP contribution in [0.15, 0.2) is 24.3 Å². The Labute approximate surface area is 124 Å². The Balaban J connectivity index is 1.84. The third-order valence-corrected chi connectivity index (χ3v) is 3.27. The van der Waals surface area contributed by atoms with E-state index < -0.39 is 18.0 Å². The van der Waals surface area contributed by atoms with Crippen molar-refractivity contribution >= 4 is 17.6 Å². The SMILES string of the molecule is CC(Nc1cccc(COCC2CC2)c1)C(=O)NC(N)=O. The van der Waals surface area contributed by atoms with Gasteiger partial charge in [0.05, 0.1) is 6.61 Å². The number of ether oxygens (including phenoxy) is 1. The second kappa shape index (κ2) is 7.08. The zero-order chi connectivity index (χ0) is 15.2. The summed E-state index contributed by atoms with van der Waals surface area (Å²) >= 11 is 0. The number of anilines is 1. The van der Waals surface area contributed by atoms with Gasteiger partial charge < -0.3 is 15.8 Å². The average molecular weight is 291 g/mol. The van der Waals surface area contributed by atoms with Crippen LogP contribution in [0.5, 0.6) is 0 Å². The van der Waals surface area contributed by atoms with Crippen molar-refractivity contribution < 1.29 is 14.3 Å². The number of hydrogen-bond acceptors (Lipinski definition) is 4. The van der Waals surface area contributed by atoms with Crippen LogP contribution in [0, 0.1) is 5.92 Å². The molecule has 21 heavy (non-hydrogen) atoms. The number of urea groups is 1. The van der Waals surface area contributed by atoms with Crippen LogP contribution in [0.1, 0.15) is 25.3 Å². The largest absolute Gasteiger partial charge is 0.376 e. The lowest BCUT2D eigenvalue weighted by molar-refractivity contribution is -0.120. The first-order valence-corrected chi connectivity index (χ1v) is 7.08. The number of rotatable bonds is 7. The van der Waals surface area contributed by atoms with Crippen LogP contribution in [0.2, 0.25) is 0 Å². The molecule has 1 aromatic rings. The fraction of sp³-hybridized carbons (Fsp3) is 0.467. The van der Waals surface area contributed by atoms with E-state index in [2.05, 4.69) is 5.32 Å². The standard InChI is InChI=1S/C15H21N3O3/c1-10(14(19)18-15(16)20)17-13-4-2-3-12(7-13)9-21-8-11-5-6-11/h2-4,7,10-11,17H,5-6,8-9H2,1H3,(H3,16,18,19,20). The van der Waals surface area contributed by atoms with Crippen molar-refractivity contribution in [2.45, 2.75) is 32.4 Å². The maximum atomic E-state index is 11.6. The van der Waals surface area contributed by atoms with E-state index >= 15 is 0 Å². The highest BCUT2D eigenvalue weighted by Gasteiger charge is 2.21. The van der Waals surface area contributed by atoms with Crippen molar-refractivity contribution in [1.29, 1.82) is 0 Å². The molecule has 0 heterocycles. The first-order valence-electron chi connectivity index (χ1n) is 7.08. The molecule has 4 N–H and O–H groups in total. The molecule has 114 valence electrons. The van der Waals surface area contributed by atoms with Gasteiger partial charge >= 0.3 is 6.03 Å². The lowest BCUT2D eigenvalue weighted by Crippen LogP contribution is -2.43. The average Bonchev–Trinajstić information content (AvgIpc) is 3.22. The quantitative estimate of drug-likeness (QED) is 0.711. The third kappa shape index (κ3) is 5.43. The molecule has 0 aromatic heterocycles. The summed E-state index contributed by atoms with van der Waals surface area (Å²) in [6.45, 7) is 3.04. The molecular weight excluding hydrogens is 270 g/mol. The van der Waals surface area contributed by atoms with Gasteiger partial charge in [0, 0.05) is 12.3 Å². The lowest BCUT2D eigenvalue weighted by Gasteiger charge is -2.14. The van der Waals surface area contributed by atoms with E-state index in [9.17, 15) is 9.59 Å². The number of imide groups is 1. The fourth-order valence-corrected chi connectivity index (χ4v) is 1.92. The van der Waals surface area contributed by atoms with Gasteiger partial charge in [-0.2, -0.15) is 0 Å². The molecule has 0 radical (unpaired) electrons. The van der Waals surface area contributed by atoms with E-state index in [0.29, 0.717) is 6.61 Å². The highest BCUT2D eigenvalue weighted by molar-refractivity contribution is 5.97. The van der Waals surface area contributed by atoms with Gasteiger partial charge in [-0.1, -0.05) is 12.1 Å². The van der Waals surface area contributed by atoms with Crippen molar-refractivity contribution in [3.8, 4) is 0 Å². The van der Waals surface area contributed by atoms with Gasteiger partial charge in [0.25, 0.3) is 0 Å². The predicted octanol–water partition coefficient (Wildman–Crippen LogP) is 1.61. The number of primary amides is 1. The number of carbonyl (C=O) groups is 2. The monoisotopic (exact) mass is 291 g/mol. The smallest absolute Gasteiger partial charge is 0.318 e. The van der Waals surface area contributed by atoms with Gasteiger partial charge in [-0.15, -0.1) is 0 Å². The molecule has 0 aliphatic heterocycles. The van der Waals surface area contributed by atoms with Crippen LogP contribution in [0.3, 0.4) is 0 Å². The summed E-state index contributed by atoms with van der Waals surface area (Å²) in [7, 11) is 0. The minimum Gasteiger partial charge on any atom is -0.376 e. The van der Waals surface area contributed by atoms with Crippen LogP contribution < -0.4 is 16.4 Å². The summed E-state index contributed by atoms with van der Waals surface area (Å²) in [5, 5.41) is 5.07. The van der Waals surface area contributed by atoms with Crippen molar-refractivity contribution in [3.63, 3.8) is 0 Å². The van der Waals surface area contributed by atoms with E-state index in [0.717, 1.165) is 23.8 Å². The Hall–Kier alpha value is -2.08. The molecule has 1 saturated carbocycles. The molecule has 0 saturated heterocycles. The van der Waals surface area contributed by atoms with E-state index in [-0.39, 0.29) is 0 Å². The Morgan fingerprint density at radius 3 is 2.86 bits per heavy atom. The molecular formula is C15H21N3O3. The zero-order valence-electron chi connectivity index (χ0n) is 12.1. The topological polar surface area (TPSA) is 93.4 Å². The summed E-state index contributed by atoms with van der Waals surface area (Å²) in [6, 6.07) is 6.26. The number of hydrogen-bond donors (Lipinski definition) is 3. The normalized spacial score (nSPS) is 15.3.